The summed E-state index contributed by atoms with van der Waals surface area (Å²) < 4.78 is 11.1. The van der Waals surface area contributed by atoms with Gasteiger partial charge in [-0.25, -0.2) is 14.1 Å². The summed E-state index contributed by atoms with van der Waals surface area (Å²) in [5, 5.41) is 5.75. The number of nitrogens with zero attached hydrogens (tertiary/aromatic N) is 2. The minimum Gasteiger partial charge on any atom is -0.465 e. The molecule has 0 bridgehead atoms. The molecule has 0 spiro atoms. The van der Waals surface area contributed by atoms with Crippen LogP contribution >= 0.6 is 0 Å². The number of hydrogen-bond acceptors (Lipinski definition) is 6. The van der Waals surface area contributed by atoms with Crippen LogP contribution < -0.4 is 0 Å². The normalized spacial score (nSPS) is 10.5. The van der Waals surface area contributed by atoms with Crippen LogP contribution in [0.15, 0.2) is 60.8 Å². The van der Waals surface area contributed by atoms with E-state index in [4.69, 9.17) is 9.47 Å². The first kappa shape index (κ1) is 20.7. The standard InChI is InChI=1S/C22H16N2O5.H2O/c1-28-21(26)16-17(22(27)29-2)19(20(25)13-8-4-3-5-9-13)24-18(16)15-11-7-6-10-14(15)12-23-24;/h3-12H,1-2H3;1H2. The summed E-state index contributed by atoms with van der Waals surface area (Å²) in [4.78, 5) is 38.7. The molecule has 4 rings (SSSR count). The molecule has 0 amide bonds. The van der Waals surface area contributed by atoms with Crippen molar-refractivity contribution in [1.82, 2.24) is 9.61 Å². The predicted molar refractivity (Wildman–Crippen MR) is 109 cm³/mol. The molecule has 0 aliphatic heterocycles. The van der Waals surface area contributed by atoms with Crippen LogP contribution in [0.4, 0.5) is 0 Å². The van der Waals surface area contributed by atoms with Crippen LogP contribution in [0.2, 0.25) is 0 Å². The summed E-state index contributed by atoms with van der Waals surface area (Å²) in [6.45, 7) is 0. The predicted octanol–water partition coefficient (Wildman–Crippen LogP) is 2.47. The minimum atomic E-state index is -0.820. The van der Waals surface area contributed by atoms with Gasteiger partial charge in [0.1, 0.15) is 16.8 Å². The number of esters is 2. The Hall–Kier alpha value is -4.04. The summed E-state index contributed by atoms with van der Waals surface area (Å²) in [5.41, 5.74) is 0.391. The summed E-state index contributed by atoms with van der Waals surface area (Å²) in [7, 11) is 2.40. The molecule has 0 saturated carbocycles. The number of rotatable bonds is 4. The molecule has 0 saturated heterocycles. The van der Waals surface area contributed by atoms with Crippen molar-refractivity contribution in [3.05, 3.63) is 83.2 Å². The molecule has 0 atom stereocenters. The number of ketones is 1. The van der Waals surface area contributed by atoms with Crippen molar-refractivity contribution >= 4 is 34.0 Å². The van der Waals surface area contributed by atoms with Gasteiger partial charge in [0.05, 0.1) is 25.9 Å². The largest absolute Gasteiger partial charge is 0.465 e. The lowest BCUT2D eigenvalue weighted by Gasteiger charge is -2.05. The number of benzene rings is 2. The number of carbonyl (C=O) groups is 3. The van der Waals surface area contributed by atoms with E-state index in [-0.39, 0.29) is 22.3 Å². The number of carbonyl (C=O) groups excluding carboxylic acids is 3. The van der Waals surface area contributed by atoms with Crippen molar-refractivity contribution in [2.24, 2.45) is 0 Å². The molecule has 0 fully saturated rings. The van der Waals surface area contributed by atoms with E-state index in [9.17, 15) is 14.4 Å². The first-order valence-electron chi connectivity index (χ1n) is 8.77. The zero-order chi connectivity index (χ0) is 20.5. The fourth-order valence-corrected chi connectivity index (χ4v) is 3.41. The topological polar surface area (TPSA) is 118 Å². The van der Waals surface area contributed by atoms with Crippen molar-refractivity contribution < 1.29 is 29.3 Å². The zero-order valence-corrected chi connectivity index (χ0v) is 16.2. The molecule has 2 N–H and O–H groups in total. The third-order valence-corrected chi connectivity index (χ3v) is 4.71. The maximum absolute atomic E-state index is 13.3. The van der Waals surface area contributed by atoms with Crippen molar-refractivity contribution in [1.29, 1.82) is 0 Å². The third-order valence-electron chi connectivity index (χ3n) is 4.71. The second kappa shape index (κ2) is 8.14. The Labute approximate surface area is 170 Å². The van der Waals surface area contributed by atoms with Crippen LogP contribution in [0.3, 0.4) is 0 Å². The van der Waals surface area contributed by atoms with Gasteiger partial charge in [0, 0.05) is 16.3 Å². The fourth-order valence-electron chi connectivity index (χ4n) is 3.41. The monoisotopic (exact) mass is 406 g/mol. The Kier molecular flexibility index (Phi) is 5.61. The second-order valence-corrected chi connectivity index (χ2v) is 6.27. The molecule has 2 heterocycles. The lowest BCUT2D eigenvalue weighted by molar-refractivity contribution is 0.0556. The van der Waals surface area contributed by atoms with Gasteiger partial charge in [-0.15, -0.1) is 0 Å². The van der Waals surface area contributed by atoms with Gasteiger partial charge in [-0.1, -0.05) is 54.6 Å². The maximum atomic E-state index is 13.3. The van der Waals surface area contributed by atoms with E-state index in [2.05, 4.69) is 5.10 Å². The van der Waals surface area contributed by atoms with E-state index in [0.717, 1.165) is 5.39 Å². The highest BCUT2D eigenvalue weighted by Gasteiger charge is 2.34. The zero-order valence-electron chi connectivity index (χ0n) is 16.2. The molecule has 152 valence electrons. The van der Waals surface area contributed by atoms with Gasteiger partial charge in [0.25, 0.3) is 0 Å². The Bertz CT molecular complexity index is 1280. The average molecular weight is 406 g/mol. The van der Waals surface area contributed by atoms with Crippen LogP contribution in [0, 0.1) is 0 Å². The van der Waals surface area contributed by atoms with E-state index in [1.54, 1.807) is 48.7 Å². The molecule has 8 nitrogen and oxygen atoms in total. The summed E-state index contributed by atoms with van der Waals surface area (Å²) in [6.07, 6.45) is 1.58. The molecule has 8 heteroatoms. The van der Waals surface area contributed by atoms with E-state index in [1.165, 1.54) is 18.7 Å². The molecule has 2 aromatic carbocycles. The van der Waals surface area contributed by atoms with Crippen LogP contribution in [0.25, 0.3) is 16.3 Å². The average Bonchev–Trinajstić information content (AvgIpc) is 3.13. The Morgan fingerprint density at radius 3 is 2.10 bits per heavy atom. The van der Waals surface area contributed by atoms with Gasteiger partial charge in [-0.05, 0) is 0 Å². The molecular weight excluding hydrogens is 388 g/mol. The van der Waals surface area contributed by atoms with Gasteiger partial charge in [-0.2, -0.15) is 5.10 Å². The van der Waals surface area contributed by atoms with Crippen molar-refractivity contribution in [2.75, 3.05) is 14.2 Å². The number of ether oxygens (including phenoxy) is 2. The summed E-state index contributed by atoms with van der Waals surface area (Å²) >= 11 is 0. The van der Waals surface area contributed by atoms with E-state index in [0.29, 0.717) is 16.5 Å². The van der Waals surface area contributed by atoms with Crippen LogP contribution in [0.5, 0.6) is 0 Å². The maximum Gasteiger partial charge on any atom is 0.341 e. The van der Waals surface area contributed by atoms with Crippen molar-refractivity contribution in [2.45, 2.75) is 0 Å². The van der Waals surface area contributed by atoms with Gasteiger partial charge in [-0.3, -0.25) is 4.79 Å². The van der Waals surface area contributed by atoms with Crippen LogP contribution in [-0.4, -0.2) is 47.0 Å². The third kappa shape index (κ3) is 3.09. The quantitative estimate of drug-likeness (QED) is 0.379. The molecule has 0 aliphatic carbocycles. The number of hydrogen-bond donors (Lipinski definition) is 0. The number of fused-ring (bicyclic) bond motifs is 3. The molecule has 30 heavy (non-hydrogen) atoms. The fraction of sp³-hybridized carbons (Fsp3) is 0.0909. The highest BCUT2D eigenvalue weighted by molar-refractivity contribution is 6.22. The van der Waals surface area contributed by atoms with Gasteiger partial charge < -0.3 is 14.9 Å². The lowest BCUT2D eigenvalue weighted by atomic mass is 10.0. The summed E-state index contributed by atoms with van der Waals surface area (Å²) in [5.74, 6) is -2.04. The van der Waals surface area contributed by atoms with Gasteiger partial charge >= 0.3 is 11.9 Å². The van der Waals surface area contributed by atoms with Gasteiger partial charge in [0.15, 0.2) is 0 Å². The molecule has 2 aromatic heterocycles. The summed E-state index contributed by atoms with van der Waals surface area (Å²) in [6, 6.07) is 15.7. The molecule has 0 aliphatic rings. The smallest absolute Gasteiger partial charge is 0.341 e. The van der Waals surface area contributed by atoms with Crippen molar-refractivity contribution in [3.63, 3.8) is 0 Å². The first-order valence-corrected chi connectivity index (χ1v) is 8.77. The van der Waals surface area contributed by atoms with E-state index >= 15 is 0 Å². The Morgan fingerprint density at radius 2 is 1.43 bits per heavy atom. The molecule has 0 unspecified atom stereocenters. The van der Waals surface area contributed by atoms with Crippen molar-refractivity contribution in [3.8, 4) is 0 Å². The Morgan fingerprint density at radius 1 is 0.833 bits per heavy atom. The van der Waals surface area contributed by atoms with E-state index < -0.39 is 17.7 Å². The van der Waals surface area contributed by atoms with Crippen LogP contribution in [0.1, 0.15) is 36.8 Å². The first-order chi connectivity index (χ1) is 14.1. The van der Waals surface area contributed by atoms with Crippen LogP contribution in [-0.2, 0) is 9.47 Å². The highest BCUT2D eigenvalue weighted by Crippen LogP contribution is 2.31. The second-order valence-electron chi connectivity index (χ2n) is 6.27. The van der Waals surface area contributed by atoms with E-state index in [1.807, 2.05) is 12.1 Å². The number of methoxy groups -OCH3 is 2. The SMILES string of the molecule is COC(=O)c1c(C(=O)OC)c2c3ccccc3cnn2c1C(=O)c1ccccc1.O. The minimum absolute atomic E-state index is 0. The molecule has 4 aromatic rings. The molecular formula is C22H18N2O6. The molecule has 0 radical (unpaired) electrons. The lowest BCUT2D eigenvalue weighted by Crippen LogP contribution is -2.15. The Balaban J connectivity index is 0.00000256. The highest BCUT2D eigenvalue weighted by atomic mass is 16.5. The number of aromatic nitrogens is 2. The van der Waals surface area contributed by atoms with Gasteiger partial charge in [0.2, 0.25) is 5.78 Å².